The first-order valence-corrected chi connectivity index (χ1v) is 8.34. The van der Waals surface area contributed by atoms with Gasteiger partial charge in [0.1, 0.15) is 0 Å². The zero-order valence-electron chi connectivity index (χ0n) is 14.6. The lowest BCUT2D eigenvalue weighted by atomic mass is 10.2. The molecule has 2 heterocycles. The van der Waals surface area contributed by atoms with Gasteiger partial charge in [-0.2, -0.15) is 5.10 Å². The number of fused-ring (bicyclic) bond motifs is 1. The lowest BCUT2D eigenvalue weighted by Crippen LogP contribution is -2.36. The highest BCUT2D eigenvalue weighted by Crippen LogP contribution is 2.15. The fraction of sp³-hybridized carbons (Fsp3) is 0.316. The molecular formula is C19H22N4O2. The second-order valence-corrected chi connectivity index (χ2v) is 6.18. The summed E-state index contributed by atoms with van der Waals surface area (Å²) in [5.41, 5.74) is 2.43. The van der Waals surface area contributed by atoms with Crippen molar-refractivity contribution in [1.29, 1.82) is 0 Å². The molecule has 6 nitrogen and oxygen atoms in total. The summed E-state index contributed by atoms with van der Waals surface area (Å²) in [5.74, 6) is -0.0718. The van der Waals surface area contributed by atoms with Crippen LogP contribution >= 0.6 is 0 Å². The van der Waals surface area contributed by atoms with Crippen LogP contribution in [0.1, 0.15) is 28.7 Å². The summed E-state index contributed by atoms with van der Waals surface area (Å²) in [6.07, 6.45) is 3.95. The molecule has 1 aromatic carbocycles. The van der Waals surface area contributed by atoms with Gasteiger partial charge in [0.05, 0.1) is 18.8 Å². The van der Waals surface area contributed by atoms with Crippen LogP contribution in [0.25, 0.3) is 6.08 Å². The van der Waals surface area contributed by atoms with Crippen molar-refractivity contribution in [2.45, 2.75) is 20.0 Å². The third-order valence-electron chi connectivity index (χ3n) is 4.30. The van der Waals surface area contributed by atoms with Gasteiger partial charge in [0.25, 0.3) is 5.91 Å². The minimum atomic E-state index is -0.117. The number of aromatic nitrogens is 2. The monoisotopic (exact) mass is 338 g/mol. The van der Waals surface area contributed by atoms with E-state index >= 15 is 0 Å². The van der Waals surface area contributed by atoms with E-state index in [-0.39, 0.29) is 11.8 Å². The topological polar surface area (TPSA) is 58.4 Å². The fourth-order valence-electron chi connectivity index (χ4n) is 2.83. The maximum absolute atomic E-state index is 12.6. The van der Waals surface area contributed by atoms with Gasteiger partial charge in [0.2, 0.25) is 5.91 Å². The van der Waals surface area contributed by atoms with E-state index in [2.05, 4.69) is 5.10 Å². The van der Waals surface area contributed by atoms with Crippen LogP contribution < -0.4 is 0 Å². The van der Waals surface area contributed by atoms with Crippen LogP contribution in [-0.2, 0) is 17.9 Å². The van der Waals surface area contributed by atoms with E-state index in [4.69, 9.17) is 0 Å². The Hall–Kier alpha value is -2.89. The van der Waals surface area contributed by atoms with Gasteiger partial charge in [-0.1, -0.05) is 42.5 Å². The molecule has 0 fully saturated rings. The van der Waals surface area contributed by atoms with Crippen molar-refractivity contribution in [3.8, 4) is 0 Å². The van der Waals surface area contributed by atoms with E-state index in [0.717, 1.165) is 11.3 Å². The first kappa shape index (κ1) is 17.0. The van der Waals surface area contributed by atoms with Gasteiger partial charge in [-0.3, -0.25) is 14.3 Å². The Kier molecular flexibility index (Phi) is 4.97. The van der Waals surface area contributed by atoms with Crippen LogP contribution in [0.2, 0.25) is 0 Å². The van der Waals surface area contributed by atoms with Gasteiger partial charge in [0.15, 0.2) is 5.69 Å². The smallest absolute Gasteiger partial charge is 0.274 e. The van der Waals surface area contributed by atoms with Crippen LogP contribution in [0.15, 0.2) is 42.5 Å². The number of carbonyl (C=O) groups is 2. The largest absolute Gasteiger partial charge is 0.337 e. The van der Waals surface area contributed by atoms with E-state index in [1.165, 1.54) is 0 Å². The summed E-state index contributed by atoms with van der Waals surface area (Å²) in [6.45, 7) is 3.83. The molecule has 0 radical (unpaired) electrons. The van der Waals surface area contributed by atoms with Gasteiger partial charge >= 0.3 is 0 Å². The Morgan fingerprint density at radius 1 is 1.24 bits per heavy atom. The highest BCUT2D eigenvalue weighted by Gasteiger charge is 2.23. The second kappa shape index (κ2) is 7.34. The van der Waals surface area contributed by atoms with Crippen LogP contribution in [0.3, 0.4) is 0 Å². The molecule has 0 N–H and O–H groups in total. The Bertz CT molecular complexity index is 795. The molecule has 2 amide bonds. The van der Waals surface area contributed by atoms with Gasteiger partial charge < -0.3 is 9.80 Å². The van der Waals surface area contributed by atoms with Crippen molar-refractivity contribution in [3.63, 3.8) is 0 Å². The van der Waals surface area contributed by atoms with E-state index in [0.29, 0.717) is 31.9 Å². The number of rotatable bonds is 4. The Labute approximate surface area is 147 Å². The van der Waals surface area contributed by atoms with Crippen molar-refractivity contribution in [3.05, 3.63) is 59.4 Å². The second-order valence-electron chi connectivity index (χ2n) is 6.18. The highest BCUT2D eigenvalue weighted by atomic mass is 16.2. The quantitative estimate of drug-likeness (QED) is 0.857. The average Bonchev–Trinajstić information content (AvgIpc) is 3.05. The number of likely N-dealkylation sites (N-methyl/N-ethyl adjacent to an activating group) is 1. The standard InChI is InChI=1S/C19H22N4O2/c1-15(24)22-11-12-23-17(14-22)13-18(20-23)19(25)21(2)10-6-9-16-7-4-3-5-8-16/h3-9,13H,10-12,14H2,1-2H3/b9-6+. The molecule has 25 heavy (non-hydrogen) atoms. The average molecular weight is 338 g/mol. The molecule has 0 unspecified atom stereocenters. The zero-order valence-corrected chi connectivity index (χ0v) is 14.6. The first-order valence-electron chi connectivity index (χ1n) is 8.34. The van der Waals surface area contributed by atoms with Gasteiger partial charge in [-0.05, 0) is 11.6 Å². The van der Waals surface area contributed by atoms with Gasteiger partial charge in [-0.25, -0.2) is 0 Å². The Morgan fingerprint density at radius 3 is 2.72 bits per heavy atom. The van der Waals surface area contributed by atoms with Crippen molar-refractivity contribution in [2.24, 2.45) is 0 Å². The molecule has 1 aliphatic rings. The van der Waals surface area contributed by atoms with Crippen molar-refractivity contribution < 1.29 is 9.59 Å². The zero-order chi connectivity index (χ0) is 17.8. The molecule has 0 saturated heterocycles. The summed E-state index contributed by atoms with van der Waals surface area (Å²) < 4.78 is 1.82. The maximum atomic E-state index is 12.6. The number of benzene rings is 1. The van der Waals surface area contributed by atoms with E-state index in [1.807, 2.05) is 47.2 Å². The van der Waals surface area contributed by atoms with Crippen molar-refractivity contribution in [1.82, 2.24) is 19.6 Å². The molecule has 0 spiro atoms. The molecule has 2 aromatic rings. The summed E-state index contributed by atoms with van der Waals surface area (Å²) in [5, 5.41) is 4.40. The number of nitrogens with zero attached hydrogens (tertiary/aromatic N) is 4. The number of carbonyl (C=O) groups excluding carboxylic acids is 2. The number of hydrogen-bond acceptors (Lipinski definition) is 3. The molecule has 130 valence electrons. The SMILES string of the molecule is CC(=O)N1CCn2nc(C(=O)N(C)C/C=C/c3ccccc3)cc2C1. The minimum Gasteiger partial charge on any atom is -0.337 e. The van der Waals surface area contributed by atoms with Crippen molar-refractivity contribution in [2.75, 3.05) is 20.1 Å². The summed E-state index contributed by atoms with van der Waals surface area (Å²) >= 11 is 0. The molecule has 0 saturated carbocycles. The summed E-state index contributed by atoms with van der Waals surface area (Å²) in [7, 11) is 1.76. The van der Waals surface area contributed by atoms with Crippen LogP contribution in [0, 0.1) is 0 Å². The number of amides is 2. The molecule has 0 atom stereocenters. The molecule has 0 bridgehead atoms. The molecule has 1 aromatic heterocycles. The molecule has 0 aliphatic carbocycles. The lowest BCUT2D eigenvalue weighted by Gasteiger charge is -2.26. The number of hydrogen-bond donors (Lipinski definition) is 0. The Morgan fingerprint density at radius 2 is 2.00 bits per heavy atom. The molecule has 1 aliphatic heterocycles. The van der Waals surface area contributed by atoms with Crippen LogP contribution in [0.5, 0.6) is 0 Å². The minimum absolute atomic E-state index is 0.0449. The van der Waals surface area contributed by atoms with E-state index < -0.39 is 0 Å². The van der Waals surface area contributed by atoms with E-state index in [1.54, 1.807) is 29.8 Å². The Balaban J connectivity index is 1.63. The highest BCUT2D eigenvalue weighted by molar-refractivity contribution is 5.92. The fourth-order valence-corrected chi connectivity index (χ4v) is 2.83. The maximum Gasteiger partial charge on any atom is 0.274 e. The molecular weight excluding hydrogens is 316 g/mol. The van der Waals surface area contributed by atoms with Crippen molar-refractivity contribution >= 4 is 17.9 Å². The summed E-state index contributed by atoms with van der Waals surface area (Å²) in [6, 6.07) is 11.8. The predicted molar refractivity (Wildman–Crippen MR) is 95.8 cm³/mol. The van der Waals surface area contributed by atoms with Crippen LogP contribution in [0.4, 0.5) is 0 Å². The normalized spacial score (nSPS) is 13.8. The predicted octanol–water partition coefficient (Wildman–Crippen LogP) is 2.03. The van der Waals surface area contributed by atoms with E-state index in [9.17, 15) is 9.59 Å². The summed E-state index contributed by atoms with van der Waals surface area (Å²) in [4.78, 5) is 27.5. The lowest BCUT2D eigenvalue weighted by molar-refractivity contribution is -0.130. The third-order valence-corrected chi connectivity index (χ3v) is 4.30. The molecule has 3 rings (SSSR count). The van der Waals surface area contributed by atoms with Gasteiger partial charge in [0, 0.05) is 27.1 Å². The van der Waals surface area contributed by atoms with Gasteiger partial charge in [-0.15, -0.1) is 0 Å². The first-order chi connectivity index (χ1) is 12.0. The third kappa shape index (κ3) is 3.96. The molecule has 6 heteroatoms. The van der Waals surface area contributed by atoms with Crippen LogP contribution in [-0.4, -0.2) is 51.5 Å².